The van der Waals surface area contributed by atoms with Gasteiger partial charge in [-0.05, 0) is 103 Å². The third-order valence-electron chi connectivity index (χ3n) is 8.02. The number of rotatable bonds is 27. The molecule has 0 saturated carbocycles. The molecule has 2 aromatic carbocycles. The summed E-state index contributed by atoms with van der Waals surface area (Å²) in [6.07, 6.45) is 18.7. The highest BCUT2D eigenvalue weighted by molar-refractivity contribution is 5.18. The van der Waals surface area contributed by atoms with Gasteiger partial charge in [0.25, 0.3) is 0 Å². The van der Waals surface area contributed by atoms with Crippen LogP contribution in [-0.4, -0.2) is 39.3 Å². The molecule has 0 fully saturated rings. The smallest absolute Gasteiger partial charge is 0.0291 e. The van der Waals surface area contributed by atoms with Crippen LogP contribution in [0.2, 0.25) is 0 Å². The van der Waals surface area contributed by atoms with Crippen LogP contribution in [0.4, 0.5) is 0 Å². The minimum Gasteiger partial charge on any atom is -0.317 e. The molecule has 226 valence electrons. The minimum absolute atomic E-state index is 0.452. The highest BCUT2D eigenvalue weighted by atomic mass is 14.9. The predicted molar refractivity (Wildman–Crippen MR) is 176 cm³/mol. The predicted octanol–water partition coefficient (Wildman–Crippen LogP) is 8.33. The lowest BCUT2D eigenvalue weighted by Gasteiger charge is -2.14. The Morgan fingerprint density at radius 3 is 0.975 bits per heavy atom. The number of hydrogen-bond donors (Lipinski definition) is 4. The molecule has 4 heteroatoms. The third kappa shape index (κ3) is 18.6. The van der Waals surface area contributed by atoms with Gasteiger partial charge < -0.3 is 21.3 Å². The maximum atomic E-state index is 3.65. The van der Waals surface area contributed by atoms with E-state index in [0.29, 0.717) is 12.1 Å². The molecule has 0 spiro atoms. The average Bonchev–Trinajstić information content (AvgIpc) is 3.00. The Morgan fingerprint density at radius 1 is 0.375 bits per heavy atom. The van der Waals surface area contributed by atoms with E-state index >= 15 is 0 Å². The van der Waals surface area contributed by atoms with Crippen LogP contribution in [0.25, 0.3) is 0 Å². The molecule has 40 heavy (non-hydrogen) atoms. The lowest BCUT2D eigenvalue weighted by molar-refractivity contribution is 0.513. The van der Waals surface area contributed by atoms with E-state index in [1.165, 1.54) is 127 Å². The van der Waals surface area contributed by atoms with Gasteiger partial charge in [-0.15, -0.1) is 0 Å². The average molecular weight is 551 g/mol. The van der Waals surface area contributed by atoms with E-state index in [0.717, 1.165) is 13.1 Å². The first-order valence-corrected chi connectivity index (χ1v) is 16.8. The summed E-state index contributed by atoms with van der Waals surface area (Å²) >= 11 is 0. The van der Waals surface area contributed by atoms with E-state index in [2.05, 4.69) is 95.8 Å². The molecule has 2 atom stereocenters. The van der Waals surface area contributed by atoms with Gasteiger partial charge in [0.15, 0.2) is 0 Å². The Bertz CT molecular complexity index is 714. The second kappa shape index (κ2) is 25.0. The minimum atomic E-state index is 0.452. The molecule has 0 bridgehead atoms. The molecule has 0 aromatic heterocycles. The molecule has 4 N–H and O–H groups in total. The van der Waals surface area contributed by atoms with Crippen molar-refractivity contribution in [3.05, 3.63) is 71.8 Å². The van der Waals surface area contributed by atoms with E-state index in [1.807, 2.05) is 0 Å². The van der Waals surface area contributed by atoms with Gasteiger partial charge >= 0.3 is 0 Å². The van der Waals surface area contributed by atoms with Crippen LogP contribution in [0.15, 0.2) is 60.7 Å². The van der Waals surface area contributed by atoms with Crippen LogP contribution >= 0.6 is 0 Å². The second-order valence-corrected chi connectivity index (χ2v) is 11.6. The summed E-state index contributed by atoms with van der Waals surface area (Å²) in [6, 6.07) is 22.4. The summed E-state index contributed by atoms with van der Waals surface area (Å²) in [5, 5.41) is 14.6. The van der Waals surface area contributed by atoms with E-state index in [9.17, 15) is 0 Å². The molecule has 2 rings (SSSR count). The zero-order valence-corrected chi connectivity index (χ0v) is 26.1. The van der Waals surface area contributed by atoms with Gasteiger partial charge in [0, 0.05) is 12.1 Å². The fraction of sp³-hybridized carbons (Fsp3) is 0.667. The zero-order chi connectivity index (χ0) is 28.4. The highest BCUT2D eigenvalue weighted by Gasteiger charge is 2.03. The lowest BCUT2D eigenvalue weighted by Crippen LogP contribution is -2.20. The first-order valence-electron chi connectivity index (χ1n) is 16.8. The van der Waals surface area contributed by atoms with Crippen LogP contribution in [0, 0.1) is 0 Å². The van der Waals surface area contributed by atoms with Crippen molar-refractivity contribution in [3.63, 3.8) is 0 Å². The summed E-state index contributed by atoms with van der Waals surface area (Å²) in [7, 11) is 0. The molecule has 0 unspecified atom stereocenters. The SMILES string of the molecule is C[C@@H](NCCCCCCNCCCCCCCCNCCCCCCN[C@H](C)c1ccccc1)c1ccccc1. The van der Waals surface area contributed by atoms with Crippen LogP contribution in [0.3, 0.4) is 0 Å². The largest absolute Gasteiger partial charge is 0.317 e. The molecule has 2 aromatic rings. The van der Waals surface area contributed by atoms with Crippen molar-refractivity contribution in [1.29, 1.82) is 0 Å². The van der Waals surface area contributed by atoms with Gasteiger partial charge in [-0.3, -0.25) is 0 Å². The van der Waals surface area contributed by atoms with Crippen molar-refractivity contribution in [3.8, 4) is 0 Å². The Morgan fingerprint density at radius 2 is 0.650 bits per heavy atom. The maximum absolute atomic E-state index is 3.65. The van der Waals surface area contributed by atoms with Crippen LogP contribution in [0.1, 0.15) is 127 Å². The molecule has 0 aliphatic carbocycles. The first-order chi connectivity index (χ1) is 19.8. The number of nitrogens with one attached hydrogen (secondary N) is 4. The molecule has 0 radical (unpaired) electrons. The fourth-order valence-corrected chi connectivity index (χ4v) is 5.27. The summed E-state index contributed by atoms with van der Waals surface area (Å²) in [5.41, 5.74) is 2.77. The molecule has 0 aliphatic heterocycles. The summed E-state index contributed by atoms with van der Waals surface area (Å²) in [5.74, 6) is 0. The third-order valence-corrected chi connectivity index (χ3v) is 8.02. The van der Waals surface area contributed by atoms with Gasteiger partial charge in [-0.1, -0.05) is 112 Å². The van der Waals surface area contributed by atoms with Crippen molar-refractivity contribution < 1.29 is 0 Å². The summed E-state index contributed by atoms with van der Waals surface area (Å²) in [6.45, 7) is 11.5. The van der Waals surface area contributed by atoms with E-state index in [1.54, 1.807) is 0 Å². The number of unbranched alkanes of at least 4 members (excludes halogenated alkanes) is 11. The quantitative estimate of drug-likeness (QED) is 0.0845. The second-order valence-electron chi connectivity index (χ2n) is 11.6. The normalized spacial score (nSPS) is 12.9. The summed E-state index contributed by atoms with van der Waals surface area (Å²) in [4.78, 5) is 0. The van der Waals surface area contributed by atoms with Crippen molar-refractivity contribution in [2.45, 2.75) is 116 Å². The van der Waals surface area contributed by atoms with Crippen molar-refractivity contribution in [1.82, 2.24) is 21.3 Å². The fourth-order valence-electron chi connectivity index (χ4n) is 5.27. The molecule has 4 nitrogen and oxygen atoms in total. The van der Waals surface area contributed by atoms with Gasteiger partial charge in [-0.2, -0.15) is 0 Å². The molecule has 0 aliphatic rings. The standard InChI is InChI=1S/C36H62N4/c1-33(35-23-13-11-14-24-35)39-31-21-9-7-19-29-37-27-17-5-3-4-6-18-28-38-30-20-8-10-22-32-40-34(2)36-25-15-12-16-26-36/h11-16,23-26,33-34,37-40H,3-10,17-22,27-32H2,1-2H3/t33-,34-/m1/s1. The van der Waals surface area contributed by atoms with Crippen molar-refractivity contribution >= 4 is 0 Å². The Labute approximate surface area is 247 Å². The summed E-state index contributed by atoms with van der Waals surface area (Å²) < 4.78 is 0. The van der Waals surface area contributed by atoms with Crippen molar-refractivity contribution in [2.24, 2.45) is 0 Å². The van der Waals surface area contributed by atoms with E-state index < -0.39 is 0 Å². The van der Waals surface area contributed by atoms with Crippen molar-refractivity contribution in [2.75, 3.05) is 39.3 Å². The van der Waals surface area contributed by atoms with Gasteiger partial charge in [-0.25, -0.2) is 0 Å². The topological polar surface area (TPSA) is 48.1 Å². The number of hydrogen-bond acceptors (Lipinski definition) is 4. The number of benzene rings is 2. The van der Waals surface area contributed by atoms with Gasteiger partial charge in [0.1, 0.15) is 0 Å². The first kappa shape index (κ1) is 34.5. The maximum Gasteiger partial charge on any atom is 0.0291 e. The van der Waals surface area contributed by atoms with Gasteiger partial charge in [0.05, 0.1) is 0 Å². The Balaban J connectivity index is 1.20. The Kier molecular flexibility index (Phi) is 21.6. The Hall–Kier alpha value is -1.72. The highest BCUT2D eigenvalue weighted by Crippen LogP contribution is 2.12. The van der Waals surface area contributed by atoms with E-state index in [-0.39, 0.29) is 0 Å². The zero-order valence-electron chi connectivity index (χ0n) is 26.1. The molecule has 0 heterocycles. The van der Waals surface area contributed by atoms with Crippen LogP contribution < -0.4 is 21.3 Å². The van der Waals surface area contributed by atoms with Crippen LogP contribution in [-0.2, 0) is 0 Å². The lowest BCUT2D eigenvalue weighted by atomic mass is 10.1. The van der Waals surface area contributed by atoms with Gasteiger partial charge in [0.2, 0.25) is 0 Å². The van der Waals surface area contributed by atoms with Crippen LogP contribution in [0.5, 0.6) is 0 Å². The molecular weight excluding hydrogens is 488 g/mol. The van der Waals surface area contributed by atoms with E-state index in [4.69, 9.17) is 0 Å². The molecule has 0 amide bonds. The monoisotopic (exact) mass is 550 g/mol. The molecule has 0 saturated heterocycles. The molecular formula is C36H62N4.